The van der Waals surface area contributed by atoms with E-state index in [-0.39, 0.29) is 0 Å². The molecule has 2 aromatic rings. The van der Waals surface area contributed by atoms with Crippen LogP contribution in [-0.2, 0) is 22.6 Å². The molecule has 0 spiro atoms. The molecule has 24 heavy (non-hydrogen) atoms. The number of thiazole rings is 1. The quantitative estimate of drug-likeness (QED) is 0.802. The fourth-order valence-electron chi connectivity index (χ4n) is 3.87. The van der Waals surface area contributed by atoms with Crippen molar-refractivity contribution in [2.24, 2.45) is 5.92 Å². The van der Waals surface area contributed by atoms with E-state index in [0.29, 0.717) is 24.7 Å². The molecule has 1 saturated heterocycles. The number of rotatable bonds is 6. The molecule has 0 unspecified atom stereocenters. The Labute approximate surface area is 146 Å². The molecule has 0 radical (unpaired) electrons. The third-order valence-electron chi connectivity index (χ3n) is 4.96. The number of fused-ring (bicyclic) bond motifs is 1. The molecular formula is C18H24N2O3S. The highest BCUT2D eigenvalue weighted by molar-refractivity contribution is 7.09. The topological polar surface area (TPSA) is 47.7 Å². The minimum absolute atomic E-state index is 0.337. The van der Waals surface area contributed by atoms with E-state index >= 15 is 0 Å². The predicted molar refractivity (Wildman–Crippen MR) is 91.9 cm³/mol. The second kappa shape index (κ2) is 7.35. The molecule has 0 aromatic carbocycles. The number of hydrogen-bond donors (Lipinski definition) is 0. The molecule has 0 amide bonds. The van der Waals surface area contributed by atoms with Gasteiger partial charge in [0.2, 0.25) is 0 Å². The Morgan fingerprint density at radius 2 is 2.38 bits per heavy atom. The van der Waals surface area contributed by atoms with Crippen LogP contribution in [0.15, 0.2) is 28.2 Å². The Morgan fingerprint density at radius 1 is 1.42 bits per heavy atom. The van der Waals surface area contributed by atoms with E-state index in [1.165, 1.54) is 0 Å². The standard InChI is InChI=1S/C18H24N2O3S/c1-13-19-15(12-24-13)11-21-10-14-7-17-18(8-14)23-6-4-20(17)9-16-3-2-5-22-16/h2-3,5,12,14,17-18H,4,6-11H2,1H3/t14-,17+,18+/m1/s1. The summed E-state index contributed by atoms with van der Waals surface area (Å²) >= 11 is 1.68. The molecule has 2 aromatic heterocycles. The minimum atomic E-state index is 0.337. The van der Waals surface area contributed by atoms with E-state index in [1.54, 1.807) is 17.6 Å². The van der Waals surface area contributed by atoms with E-state index in [9.17, 15) is 0 Å². The Bertz CT molecular complexity index is 642. The molecule has 3 heterocycles. The molecule has 4 rings (SSSR count). The summed E-state index contributed by atoms with van der Waals surface area (Å²) in [5.74, 6) is 1.60. The van der Waals surface area contributed by atoms with Crippen LogP contribution in [0.5, 0.6) is 0 Å². The van der Waals surface area contributed by atoms with Crippen molar-refractivity contribution in [2.45, 2.75) is 45.1 Å². The molecule has 6 heteroatoms. The Kier molecular flexibility index (Phi) is 4.98. The minimum Gasteiger partial charge on any atom is -0.468 e. The normalized spacial score (nSPS) is 27.5. The zero-order valence-corrected chi connectivity index (χ0v) is 14.8. The maximum Gasteiger partial charge on any atom is 0.117 e. The Hall–Kier alpha value is -1.21. The van der Waals surface area contributed by atoms with Crippen molar-refractivity contribution in [1.29, 1.82) is 0 Å². The molecule has 0 bridgehead atoms. The average molecular weight is 348 g/mol. The number of ether oxygens (including phenoxy) is 2. The molecule has 5 nitrogen and oxygen atoms in total. The number of hydrogen-bond acceptors (Lipinski definition) is 6. The van der Waals surface area contributed by atoms with Crippen LogP contribution in [0.3, 0.4) is 0 Å². The van der Waals surface area contributed by atoms with E-state index in [2.05, 4.69) is 21.3 Å². The Morgan fingerprint density at radius 3 is 3.17 bits per heavy atom. The molecule has 130 valence electrons. The third-order valence-corrected chi connectivity index (χ3v) is 5.78. The van der Waals surface area contributed by atoms with Gasteiger partial charge in [-0.25, -0.2) is 4.98 Å². The molecule has 2 fully saturated rings. The lowest BCUT2D eigenvalue weighted by atomic mass is 10.1. The van der Waals surface area contributed by atoms with Gasteiger partial charge in [-0.05, 0) is 37.8 Å². The van der Waals surface area contributed by atoms with Crippen molar-refractivity contribution in [1.82, 2.24) is 9.88 Å². The van der Waals surface area contributed by atoms with Gasteiger partial charge in [0.25, 0.3) is 0 Å². The molecule has 1 aliphatic heterocycles. The summed E-state index contributed by atoms with van der Waals surface area (Å²) in [6.45, 7) is 6.11. The Balaban J connectivity index is 1.28. The first-order valence-corrected chi connectivity index (χ1v) is 9.52. The monoisotopic (exact) mass is 348 g/mol. The van der Waals surface area contributed by atoms with Crippen LogP contribution in [0, 0.1) is 12.8 Å². The third kappa shape index (κ3) is 3.72. The van der Waals surface area contributed by atoms with Gasteiger partial charge in [0.15, 0.2) is 0 Å². The largest absolute Gasteiger partial charge is 0.468 e. The highest BCUT2D eigenvalue weighted by Gasteiger charge is 2.41. The van der Waals surface area contributed by atoms with Gasteiger partial charge >= 0.3 is 0 Å². The van der Waals surface area contributed by atoms with Gasteiger partial charge in [0, 0.05) is 18.0 Å². The zero-order chi connectivity index (χ0) is 16.4. The van der Waals surface area contributed by atoms with Crippen LogP contribution in [0.4, 0.5) is 0 Å². The van der Waals surface area contributed by atoms with Gasteiger partial charge < -0.3 is 13.9 Å². The average Bonchev–Trinajstić information content (AvgIpc) is 3.29. The zero-order valence-electron chi connectivity index (χ0n) is 14.0. The van der Waals surface area contributed by atoms with Crippen molar-refractivity contribution in [2.75, 3.05) is 19.8 Å². The lowest BCUT2D eigenvalue weighted by Gasteiger charge is -2.37. The lowest BCUT2D eigenvalue weighted by Crippen LogP contribution is -2.47. The second-order valence-electron chi connectivity index (χ2n) is 6.74. The maximum absolute atomic E-state index is 6.01. The number of nitrogens with zero attached hydrogens (tertiary/aromatic N) is 2. The number of furan rings is 1. The smallest absolute Gasteiger partial charge is 0.117 e. The molecule has 1 saturated carbocycles. The molecule has 1 aliphatic carbocycles. The van der Waals surface area contributed by atoms with Crippen molar-refractivity contribution in [3.05, 3.63) is 40.2 Å². The van der Waals surface area contributed by atoms with Crippen LogP contribution in [0.25, 0.3) is 0 Å². The summed E-state index contributed by atoms with van der Waals surface area (Å²) in [7, 11) is 0. The summed E-state index contributed by atoms with van der Waals surface area (Å²) in [6, 6.07) is 4.49. The summed E-state index contributed by atoms with van der Waals surface area (Å²) < 4.78 is 17.4. The maximum atomic E-state index is 6.01. The van der Waals surface area contributed by atoms with Crippen LogP contribution in [-0.4, -0.2) is 41.8 Å². The van der Waals surface area contributed by atoms with E-state index in [0.717, 1.165) is 55.6 Å². The van der Waals surface area contributed by atoms with Gasteiger partial charge in [-0.15, -0.1) is 11.3 Å². The summed E-state index contributed by atoms with van der Waals surface area (Å²) in [5.41, 5.74) is 1.05. The van der Waals surface area contributed by atoms with Crippen molar-refractivity contribution in [3.63, 3.8) is 0 Å². The van der Waals surface area contributed by atoms with Gasteiger partial charge in [0.05, 0.1) is 49.4 Å². The number of morpholine rings is 1. The van der Waals surface area contributed by atoms with Gasteiger partial charge in [-0.1, -0.05) is 0 Å². The van der Waals surface area contributed by atoms with Gasteiger partial charge in [-0.3, -0.25) is 4.90 Å². The summed E-state index contributed by atoms with van der Waals surface area (Å²) in [5, 5.41) is 3.18. The molecule has 0 N–H and O–H groups in total. The number of aromatic nitrogens is 1. The highest BCUT2D eigenvalue weighted by atomic mass is 32.1. The van der Waals surface area contributed by atoms with Gasteiger partial charge in [0.1, 0.15) is 5.76 Å². The van der Waals surface area contributed by atoms with Crippen molar-refractivity contribution >= 4 is 11.3 Å². The van der Waals surface area contributed by atoms with Crippen molar-refractivity contribution < 1.29 is 13.9 Å². The highest BCUT2D eigenvalue weighted by Crippen LogP contribution is 2.35. The molecule has 2 aliphatic rings. The van der Waals surface area contributed by atoms with E-state index in [1.807, 2.05) is 13.0 Å². The van der Waals surface area contributed by atoms with E-state index < -0.39 is 0 Å². The second-order valence-corrected chi connectivity index (χ2v) is 7.80. The first-order chi connectivity index (χ1) is 11.8. The number of aryl methyl sites for hydroxylation is 1. The predicted octanol–water partition coefficient (Wildman–Crippen LogP) is 3.24. The lowest BCUT2D eigenvalue weighted by molar-refractivity contribution is -0.0609. The fraction of sp³-hybridized carbons (Fsp3) is 0.611. The first-order valence-electron chi connectivity index (χ1n) is 8.64. The fourth-order valence-corrected chi connectivity index (χ4v) is 4.46. The van der Waals surface area contributed by atoms with Crippen LogP contribution in [0.1, 0.15) is 29.3 Å². The van der Waals surface area contributed by atoms with Crippen molar-refractivity contribution in [3.8, 4) is 0 Å². The SMILES string of the molecule is Cc1nc(COC[C@H]2C[C@@H]3OCCN(Cc4ccco4)[C@H]3C2)cs1. The summed E-state index contributed by atoms with van der Waals surface area (Å²) in [4.78, 5) is 6.96. The molecular weight excluding hydrogens is 324 g/mol. The van der Waals surface area contributed by atoms with Crippen LogP contribution < -0.4 is 0 Å². The molecule has 3 atom stereocenters. The first kappa shape index (κ1) is 16.3. The van der Waals surface area contributed by atoms with Crippen LogP contribution >= 0.6 is 11.3 Å². The van der Waals surface area contributed by atoms with Crippen LogP contribution in [0.2, 0.25) is 0 Å². The van der Waals surface area contributed by atoms with E-state index in [4.69, 9.17) is 13.9 Å². The van der Waals surface area contributed by atoms with Gasteiger partial charge in [-0.2, -0.15) is 0 Å². The summed E-state index contributed by atoms with van der Waals surface area (Å²) in [6.07, 6.45) is 4.32.